The van der Waals surface area contributed by atoms with Crippen LogP contribution in [0.3, 0.4) is 0 Å². The summed E-state index contributed by atoms with van der Waals surface area (Å²) < 4.78 is 6.49. The Bertz CT molecular complexity index is 1430. The lowest BCUT2D eigenvalue weighted by Crippen LogP contribution is -2.21. The van der Waals surface area contributed by atoms with Crippen LogP contribution in [0.5, 0.6) is 11.5 Å². The number of nitrogens with one attached hydrogen (secondary N) is 1. The fourth-order valence-electron chi connectivity index (χ4n) is 4.24. The van der Waals surface area contributed by atoms with Gasteiger partial charge in [0.15, 0.2) is 5.75 Å². The minimum absolute atomic E-state index is 0.00857. The van der Waals surface area contributed by atoms with E-state index in [9.17, 15) is 10.1 Å². The van der Waals surface area contributed by atoms with Crippen molar-refractivity contribution in [3.8, 4) is 11.5 Å². The number of non-ortho nitro benzene ring substituents is 1. The highest BCUT2D eigenvalue weighted by molar-refractivity contribution is 5.91. The third-order valence-electron chi connectivity index (χ3n) is 6.14. The first-order valence-corrected chi connectivity index (χ1v) is 12.4. The third kappa shape index (κ3) is 5.86. The van der Waals surface area contributed by atoms with Gasteiger partial charge in [-0.3, -0.25) is 10.1 Å². The van der Waals surface area contributed by atoms with Crippen molar-refractivity contribution < 1.29 is 9.66 Å². The maximum atomic E-state index is 10.9. The minimum atomic E-state index is -0.439. The lowest BCUT2D eigenvalue weighted by Gasteiger charge is -2.21. The molecule has 0 saturated heterocycles. The third-order valence-corrected chi connectivity index (χ3v) is 6.14. The molecule has 0 aliphatic rings. The SMILES string of the molecule is CCNc1cc(C)c(/N=N/c2ccc([N+](=O)[O-])cc2)c(Oc2cccc3cc(N(CC)CC)ccc23)c1. The zero-order valence-electron chi connectivity index (χ0n) is 21.6. The summed E-state index contributed by atoms with van der Waals surface area (Å²) >= 11 is 0. The number of rotatable bonds is 10. The molecule has 0 aromatic heterocycles. The molecule has 0 aliphatic carbocycles. The van der Waals surface area contributed by atoms with Gasteiger partial charge in [-0.1, -0.05) is 12.1 Å². The minimum Gasteiger partial charge on any atom is -0.454 e. The fraction of sp³-hybridized carbons (Fsp3) is 0.241. The van der Waals surface area contributed by atoms with Gasteiger partial charge in [0.1, 0.15) is 11.4 Å². The predicted octanol–water partition coefficient (Wildman–Crippen LogP) is 8.54. The number of hydrogen-bond donors (Lipinski definition) is 1. The van der Waals surface area contributed by atoms with Crippen LogP contribution < -0.4 is 15.0 Å². The van der Waals surface area contributed by atoms with Gasteiger partial charge in [0.25, 0.3) is 5.69 Å². The highest BCUT2D eigenvalue weighted by atomic mass is 16.6. The molecular formula is C29H31N5O3. The summed E-state index contributed by atoms with van der Waals surface area (Å²) in [5, 5.41) is 25.2. The summed E-state index contributed by atoms with van der Waals surface area (Å²) in [5.74, 6) is 1.30. The second kappa shape index (κ2) is 11.5. The lowest BCUT2D eigenvalue weighted by molar-refractivity contribution is -0.384. The summed E-state index contributed by atoms with van der Waals surface area (Å²) in [6.45, 7) is 11.0. The topological polar surface area (TPSA) is 92.4 Å². The van der Waals surface area contributed by atoms with Crippen molar-refractivity contribution in [2.45, 2.75) is 27.7 Å². The van der Waals surface area contributed by atoms with Crippen molar-refractivity contribution in [2.24, 2.45) is 10.2 Å². The molecule has 37 heavy (non-hydrogen) atoms. The van der Waals surface area contributed by atoms with E-state index in [-0.39, 0.29) is 5.69 Å². The number of fused-ring (bicyclic) bond motifs is 1. The van der Waals surface area contributed by atoms with Gasteiger partial charge in [-0.25, -0.2) is 0 Å². The molecule has 0 heterocycles. The first kappa shape index (κ1) is 25.6. The molecule has 190 valence electrons. The standard InChI is InChI=1S/C29H31N5O3/c1-5-30-23-17-20(4)29(32-31-22-11-13-24(14-12-22)34(35)36)28(19-23)37-27-10-8-9-21-18-25(15-16-26(21)27)33(6-2)7-3/h8-19,30H,5-7H2,1-4H3/b32-31+. The molecule has 0 spiro atoms. The van der Waals surface area contributed by atoms with Crippen LogP contribution in [0.4, 0.5) is 28.4 Å². The van der Waals surface area contributed by atoms with Crippen LogP contribution in [0, 0.1) is 17.0 Å². The number of aryl methyl sites for hydroxylation is 1. The molecule has 4 aromatic rings. The quantitative estimate of drug-likeness (QED) is 0.135. The van der Waals surface area contributed by atoms with Crippen molar-refractivity contribution in [3.63, 3.8) is 0 Å². The van der Waals surface area contributed by atoms with Crippen LogP contribution in [-0.2, 0) is 0 Å². The number of nitro groups is 1. The van der Waals surface area contributed by atoms with Crippen molar-refractivity contribution in [3.05, 3.63) is 88.5 Å². The lowest BCUT2D eigenvalue weighted by atomic mass is 10.1. The van der Waals surface area contributed by atoms with E-state index in [2.05, 4.69) is 58.6 Å². The fourth-order valence-corrected chi connectivity index (χ4v) is 4.24. The summed E-state index contributed by atoms with van der Waals surface area (Å²) in [4.78, 5) is 12.8. The van der Waals surface area contributed by atoms with E-state index in [1.807, 2.05) is 38.1 Å². The molecule has 0 saturated carbocycles. The van der Waals surface area contributed by atoms with Crippen LogP contribution in [0.2, 0.25) is 0 Å². The van der Waals surface area contributed by atoms with Crippen molar-refractivity contribution in [1.82, 2.24) is 0 Å². The molecule has 0 fully saturated rings. The molecule has 8 heteroatoms. The molecule has 0 amide bonds. The van der Waals surface area contributed by atoms with E-state index < -0.39 is 4.92 Å². The molecule has 1 N–H and O–H groups in total. The maximum absolute atomic E-state index is 10.9. The van der Waals surface area contributed by atoms with Gasteiger partial charge in [-0.15, -0.1) is 5.11 Å². The predicted molar refractivity (Wildman–Crippen MR) is 150 cm³/mol. The second-order valence-electron chi connectivity index (χ2n) is 8.58. The van der Waals surface area contributed by atoms with E-state index >= 15 is 0 Å². The number of benzene rings is 4. The molecule has 0 radical (unpaired) electrons. The highest BCUT2D eigenvalue weighted by Gasteiger charge is 2.14. The van der Waals surface area contributed by atoms with Gasteiger partial charge in [-0.2, -0.15) is 5.11 Å². The number of nitrogens with zero attached hydrogens (tertiary/aromatic N) is 4. The van der Waals surface area contributed by atoms with E-state index in [1.165, 1.54) is 17.8 Å². The van der Waals surface area contributed by atoms with Gasteiger partial charge in [0.05, 0.1) is 10.6 Å². The number of azo groups is 1. The molecule has 4 rings (SSSR count). The number of hydrogen-bond acceptors (Lipinski definition) is 7. The molecule has 0 atom stereocenters. The molecule has 0 aliphatic heterocycles. The van der Waals surface area contributed by atoms with Crippen molar-refractivity contribution in [2.75, 3.05) is 29.9 Å². The molecular weight excluding hydrogens is 466 g/mol. The summed E-state index contributed by atoms with van der Waals surface area (Å²) in [6, 6.07) is 22.3. The van der Waals surface area contributed by atoms with Gasteiger partial charge in [0.2, 0.25) is 0 Å². The Morgan fingerprint density at radius 1 is 0.919 bits per heavy atom. The number of nitro benzene ring substituents is 1. The van der Waals surface area contributed by atoms with E-state index in [1.54, 1.807) is 12.1 Å². The first-order chi connectivity index (χ1) is 17.9. The molecule has 0 bridgehead atoms. The zero-order chi connectivity index (χ0) is 26.4. The van der Waals surface area contributed by atoms with Gasteiger partial charge in [-0.05, 0) is 81.1 Å². The molecule has 8 nitrogen and oxygen atoms in total. The average molecular weight is 498 g/mol. The Balaban J connectivity index is 1.73. The van der Waals surface area contributed by atoms with E-state index in [0.29, 0.717) is 17.1 Å². The van der Waals surface area contributed by atoms with Crippen LogP contribution in [-0.4, -0.2) is 24.6 Å². The molecule has 4 aromatic carbocycles. The second-order valence-corrected chi connectivity index (χ2v) is 8.58. The van der Waals surface area contributed by atoms with Crippen molar-refractivity contribution >= 4 is 39.2 Å². The van der Waals surface area contributed by atoms with Crippen molar-refractivity contribution in [1.29, 1.82) is 0 Å². The average Bonchev–Trinajstić information content (AvgIpc) is 2.89. The summed E-state index contributed by atoms with van der Waals surface area (Å²) in [7, 11) is 0. The zero-order valence-corrected chi connectivity index (χ0v) is 21.6. The largest absolute Gasteiger partial charge is 0.454 e. The monoisotopic (exact) mass is 497 g/mol. The van der Waals surface area contributed by atoms with Gasteiger partial charge >= 0.3 is 0 Å². The molecule has 0 unspecified atom stereocenters. The Kier molecular flexibility index (Phi) is 7.98. The Hall–Kier alpha value is -4.46. The normalized spacial score (nSPS) is 11.1. The Morgan fingerprint density at radius 2 is 1.68 bits per heavy atom. The smallest absolute Gasteiger partial charge is 0.269 e. The summed E-state index contributed by atoms with van der Waals surface area (Å²) in [5.41, 5.74) is 4.11. The van der Waals surface area contributed by atoms with E-state index in [0.717, 1.165) is 47.4 Å². The first-order valence-electron chi connectivity index (χ1n) is 12.4. The number of ether oxygens (including phenoxy) is 1. The van der Waals surface area contributed by atoms with Crippen LogP contribution in [0.1, 0.15) is 26.3 Å². The van der Waals surface area contributed by atoms with Crippen LogP contribution in [0.25, 0.3) is 10.8 Å². The Labute approximate surface area is 216 Å². The van der Waals surface area contributed by atoms with Gasteiger partial charge in [0, 0.05) is 54.6 Å². The van der Waals surface area contributed by atoms with Gasteiger partial charge < -0.3 is 15.0 Å². The van der Waals surface area contributed by atoms with Crippen LogP contribution in [0.15, 0.2) is 83.0 Å². The van der Waals surface area contributed by atoms with Crippen LogP contribution >= 0.6 is 0 Å². The maximum Gasteiger partial charge on any atom is 0.269 e. The highest BCUT2D eigenvalue weighted by Crippen LogP contribution is 2.41. The Morgan fingerprint density at radius 3 is 2.35 bits per heavy atom. The van der Waals surface area contributed by atoms with E-state index in [4.69, 9.17) is 4.74 Å². The number of anilines is 2. The summed E-state index contributed by atoms with van der Waals surface area (Å²) in [6.07, 6.45) is 0.